The zero-order valence-electron chi connectivity index (χ0n) is 13.9. The summed E-state index contributed by atoms with van der Waals surface area (Å²) in [7, 11) is 0. The van der Waals surface area contributed by atoms with Crippen molar-refractivity contribution in [2.24, 2.45) is 28.7 Å². The van der Waals surface area contributed by atoms with Gasteiger partial charge in [-0.25, -0.2) is 0 Å². The molecule has 0 aromatic heterocycles. The van der Waals surface area contributed by atoms with Crippen LogP contribution >= 0.6 is 0 Å². The molecule has 0 spiro atoms. The van der Waals surface area contributed by atoms with E-state index in [1.165, 1.54) is 0 Å². The molecule has 0 aliphatic rings. The number of carboxylic acids is 2. The van der Waals surface area contributed by atoms with Crippen LogP contribution in [0.25, 0.3) is 0 Å². The summed E-state index contributed by atoms with van der Waals surface area (Å²) in [5.74, 6) is -4.41. The molecule has 0 amide bonds. The van der Waals surface area contributed by atoms with Gasteiger partial charge in [0, 0.05) is 17.1 Å². The molecular formula is C10H22BiFeN5O10. The van der Waals surface area contributed by atoms with Gasteiger partial charge in [-0.1, -0.05) is 0 Å². The maximum Gasteiger partial charge on any atom is 0 e. The Kier molecular flexibility index (Phi) is 27.7. The van der Waals surface area contributed by atoms with Crippen LogP contribution in [0.2, 0.25) is 0 Å². The molecule has 0 heterocycles. The van der Waals surface area contributed by atoms with Gasteiger partial charge in [-0.2, -0.15) is 0 Å². The van der Waals surface area contributed by atoms with Crippen molar-refractivity contribution in [3.8, 4) is 0 Å². The zero-order chi connectivity index (χ0) is 21.1. The van der Waals surface area contributed by atoms with Crippen molar-refractivity contribution in [2.45, 2.75) is 0 Å². The van der Waals surface area contributed by atoms with E-state index in [4.69, 9.17) is 27.4 Å². The summed E-state index contributed by atoms with van der Waals surface area (Å²) >= 11 is -3.92. The molecule has 12 N–H and O–H groups in total. The minimum absolute atomic E-state index is 0. The first-order valence-electron chi connectivity index (χ1n) is 6.44. The Morgan fingerprint density at radius 2 is 0.778 bits per heavy atom. The van der Waals surface area contributed by atoms with E-state index >= 15 is 0 Å². The molecule has 0 bridgehead atoms. The third kappa shape index (κ3) is 29.6. The molecule has 0 fully saturated rings. The van der Waals surface area contributed by atoms with Gasteiger partial charge in [0.25, 0.3) is 0 Å². The van der Waals surface area contributed by atoms with E-state index < -0.39 is 72.6 Å². The topological polar surface area (TPSA) is 284 Å². The van der Waals surface area contributed by atoms with Gasteiger partial charge >= 0.3 is 113 Å². The van der Waals surface area contributed by atoms with Gasteiger partial charge < -0.3 is 21.7 Å². The van der Waals surface area contributed by atoms with E-state index in [9.17, 15) is 24.0 Å². The first-order chi connectivity index (χ1) is 12.1. The summed E-state index contributed by atoms with van der Waals surface area (Å²) in [6, 6.07) is 0. The minimum Gasteiger partial charge on any atom is 0 e. The molecule has 0 aromatic carbocycles. The smallest absolute Gasteiger partial charge is 0 e. The Labute approximate surface area is 173 Å². The molecule has 0 saturated heterocycles. The van der Waals surface area contributed by atoms with Crippen molar-refractivity contribution in [1.29, 1.82) is 0 Å². The summed E-state index contributed by atoms with van der Waals surface area (Å²) in [5, 5.41) is 15.2. The van der Waals surface area contributed by atoms with Crippen molar-refractivity contribution in [3.05, 3.63) is 0 Å². The maximum atomic E-state index is 10.8. The number of carbonyl (C=O) groups is 5. The first-order valence-corrected chi connectivity index (χ1v) is 10.7. The van der Waals surface area contributed by atoms with Crippen molar-refractivity contribution >= 4 is 52.9 Å². The standard InChI is InChI=1S/5C2H5NO2.Bi.Fe/c5*3-1-2(4)5;;/h5*1,3H2,(H,4,5);;/q;;;;;+3;/p-3. The molecule has 0 aliphatic carbocycles. The van der Waals surface area contributed by atoms with Crippen LogP contribution in [0.1, 0.15) is 0 Å². The van der Waals surface area contributed by atoms with Crippen molar-refractivity contribution in [1.82, 2.24) is 0 Å². The number of carbonyl (C=O) groups excluding carboxylic acids is 3. The normalized spacial score (nSPS) is 8.52. The molecule has 0 radical (unpaired) electrons. The van der Waals surface area contributed by atoms with Crippen LogP contribution in [-0.4, -0.2) is 95.9 Å². The second-order valence-corrected chi connectivity index (χ2v) is 7.29. The number of carboxylic acid groups (broad SMARTS) is 2. The fraction of sp³-hybridized carbons (Fsp3) is 0.500. The Bertz CT molecular complexity index is 413. The van der Waals surface area contributed by atoms with Crippen LogP contribution in [0.5, 0.6) is 0 Å². The molecule has 0 aliphatic heterocycles. The Hall–Kier alpha value is -1.45. The van der Waals surface area contributed by atoms with Gasteiger partial charge in [-0.15, -0.1) is 0 Å². The van der Waals surface area contributed by atoms with Crippen LogP contribution in [0.3, 0.4) is 0 Å². The van der Waals surface area contributed by atoms with E-state index in [0.717, 1.165) is 0 Å². The third-order valence-corrected chi connectivity index (χ3v) is 5.49. The van der Waals surface area contributed by atoms with Gasteiger partial charge in [0.15, 0.2) is 0 Å². The second-order valence-electron chi connectivity index (χ2n) is 3.42. The van der Waals surface area contributed by atoms with Crippen LogP contribution in [0.4, 0.5) is 0 Å². The number of aliphatic carboxylic acids is 2. The van der Waals surface area contributed by atoms with Gasteiger partial charge in [0.2, 0.25) is 0 Å². The summed E-state index contributed by atoms with van der Waals surface area (Å²) in [6.45, 7) is -1.79. The zero-order valence-corrected chi connectivity index (χ0v) is 18.5. The maximum absolute atomic E-state index is 10.8. The molecule has 0 unspecified atom stereocenters. The molecule has 0 saturated carbocycles. The quantitative estimate of drug-likeness (QED) is 0.122. The van der Waals surface area contributed by atoms with Crippen LogP contribution in [0.15, 0.2) is 0 Å². The molecule has 0 atom stereocenters. The van der Waals surface area contributed by atoms with Gasteiger partial charge in [0.1, 0.15) is 0 Å². The van der Waals surface area contributed by atoms with Crippen molar-refractivity contribution < 1.29 is 59.7 Å². The van der Waals surface area contributed by atoms with E-state index in [1.807, 2.05) is 0 Å². The average Bonchev–Trinajstić information content (AvgIpc) is 2.61. The number of hydrogen-bond acceptors (Lipinski definition) is 13. The SMILES string of the molecule is NCC(=O)O.NCC(=O)O.NCC(=O)[O][Bi]([O]C(=O)CN)[O]C(=O)CN.[Fe]. The average molecular weight is 637 g/mol. The van der Waals surface area contributed by atoms with E-state index in [1.54, 1.807) is 0 Å². The van der Waals surface area contributed by atoms with Gasteiger partial charge in [-0.3, -0.25) is 9.59 Å². The largest absolute Gasteiger partial charge is 0 e. The number of hydrogen-bond donors (Lipinski definition) is 7. The van der Waals surface area contributed by atoms with Crippen LogP contribution < -0.4 is 28.7 Å². The third-order valence-electron chi connectivity index (χ3n) is 1.38. The summed E-state index contributed by atoms with van der Waals surface area (Å²) in [5.41, 5.74) is 24.1. The molecule has 160 valence electrons. The summed E-state index contributed by atoms with van der Waals surface area (Å²) < 4.78 is 13.8. The summed E-state index contributed by atoms with van der Waals surface area (Å²) in [6.07, 6.45) is 0. The van der Waals surface area contributed by atoms with Crippen LogP contribution in [-0.2, 0) is 49.5 Å². The molecule has 0 aromatic rings. The van der Waals surface area contributed by atoms with Crippen molar-refractivity contribution in [3.63, 3.8) is 0 Å². The van der Waals surface area contributed by atoms with E-state index in [2.05, 4.69) is 19.9 Å². The van der Waals surface area contributed by atoms with Gasteiger partial charge in [-0.05, 0) is 0 Å². The Balaban J connectivity index is -0.000000199. The molecule has 15 nitrogen and oxygen atoms in total. The number of rotatable bonds is 8. The second kappa shape index (κ2) is 22.6. The van der Waals surface area contributed by atoms with Crippen molar-refractivity contribution in [2.75, 3.05) is 32.7 Å². The predicted molar refractivity (Wildman–Crippen MR) is 84.6 cm³/mol. The summed E-state index contributed by atoms with van der Waals surface area (Å²) in [4.78, 5) is 50.9. The fourth-order valence-corrected chi connectivity index (χ4v) is 3.66. The Morgan fingerprint density at radius 3 is 0.889 bits per heavy atom. The van der Waals surface area contributed by atoms with E-state index in [-0.39, 0.29) is 30.2 Å². The Morgan fingerprint density at radius 1 is 0.593 bits per heavy atom. The predicted octanol–water partition coefficient (Wildman–Crippen LogP) is -5.47. The van der Waals surface area contributed by atoms with E-state index in [0.29, 0.717) is 0 Å². The van der Waals surface area contributed by atoms with Gasteiger partial charge in [0.05, 0.1) is 13.1 Å². The van der Waals surface area contributed by atoms with Crippen LogP contribution in [0, 0.1) is 0 Å². The minimum atomic E-state index is -3.92. The number of nitrogens with two attached hydrogens (primary N) is 5. The molecule has 27 heavy (non-hydrogen) atoms. The monoisotopic (exact) mass is 637 g/mol. The fourth-order valence-electron chi connectivity index (χ4n) is 0.417. The first kappa shape index (κ1) is 33.2. The molecular weight excluding hydrogens is 615 g/mol. The molecule has 17 heteroatoms. The molecule has 0 rings (SSSR count).